The van der Waals surface area contributed by atoms with Crippen LogP contribution < -0.4 is 5.32 Å². The maximum atomic E-state index is 13.8. The van der Waals surface area contributed by atoms with Crippen molar-refractivity contribution in [2.45, 2.75) is 6.54 Å². The molecule has 1 N–H and O–H groups in total. The molecule has 0 atom stereocenters. The van der Waals surface area contributed by atoms with E-state index in [9.17, 15) is 8.78 Å². The Hall–Kier alpha value is -0.650. The second kappa shape index (κ2) is 6.20. The molecule has 0 aliphatic carbocycles. The van der Waals surface area contributed by atoms with Crippen LogP contribution >= 0.6 is 43.5 Å². The summed E-state index contributed by atoms with van der Waals surface area (Å²) in [5.41, 5.74) is 0.581. The Morgan fingerprint density at radius 1 is 1.11 bits per heavy atom. The van der Waals surface area contributed by atoms with Crippen molar-refractivity contribution in [3.8, 4) is 0 Å². The minimum absolute atomic E-state index is 0.0124. The highest BCUT2D eigenvalue weighted by Crippen LogP contribution is 2.27. The van der Waals surface area contributed by atoms with E-state index >= 15 is 0 Å². The van der Waals surface area contributed by atoms with Gasteiger partial charge in [0, 0.05) is 16.6 Å². The molecule has 100 valence electrons. The highest BCUT2D eigenvalue weighted by atomic mass is 79.9. The molecule has 0 saturated carbocycles. The largest absolute Gasteiger partial charge is 0.380 e. The normalized spacial score (nSPS) is 10.6. The molecule has 0 amide bonds. The van der Waals surface area contributed by atoms with Crippen molar-refractivity contribution in [2.24, 2.45) is 0 Å². The average molecular weight is 411 g/mol. The Morgan fingerprint density at radius 2 is 1.84 bits per heavy atom. The van der Waals surface area contributed by atoms with Crippen molar-refractivity contribution in [3.63, 3.8) is 0 Å². The molecule has 0 aliphatic heterocycles. The van der Waals surface area contributed by atoms with E-state index in [0.29, 0.717) is 10.7 Å². The summed E-state index contributed by atoms with van der Waals surface area (Å²) in [5, 5.41) is 3.39. The number of benzene rings is 2. The predicted molar refractivity (Wildman–Crippen MR) is 80.5 cm³/mol. The van der Waals surface area contributed by atoms with Gasteiger partial charge < -0.3 is 5.32 Å². The zero-order valence-corrected chi connectivity index (χ0v) is 13.4. The van der Waals surface area contributed by atoms with Gasteiger partial charge in [0.2, 0.25) is 0 Å². The Morgan fingerprint density at radius 3 is 2.53 bits per heavy atom. The van der Waals surface area contributed by atoms with Crippen LogP contribution in [0.2, 0.25) is 5.02 Å². The molecule has 0 saturated heterocycles. The topological polar surface area (TPSA) is 12.0 Å². The quantitative estimate of drug-likeness (QED) is 0.634. The zero-order chi connectivity index (χ0) is 14.0. The summed E-state index contributed by atoms with van der Waals surface area (Å²) in [4.78, 5) is 0. The molecule has 2 rings (SSSR count). The summed E-state index contributed by atoms with van der Waals surface area (Å²) in [6.07, 6.45) is 0. The summed E-state index contributed by atoms with van der Waals surface area (Å²) in [6.45, 7) is 0.0124. The fourth-order valence-electron chi connectivity index (χ4n) is 1.55. The van der Waals surface area contributed by atoms with Crippen molar-refractivity contribution < 1.29 is 8.78 Å². The molecule has 0 fully saturated rings. The predicted octanol–water partition coefficient (Wildman–Crippen LogP) is 5.76. The van der Waals surface area contributed by atoms with Crippen LogP contribution in [0.15, 0.2) is 39.3 Å². The number of rotatable bonds is 3. The van der Waals surface area contributed by atoms with Crippen molar-refractivity contribution in [2.75, 3.05) is 5.32 Å². The molecule has 0 unspecified atom stereocenters. The maximum Gasteiger partial charge on any atom is 0.145 e. The highest BCUT2D eigenvalue weighted by molar-refractivity contribution is 9.10. The fraction of sp³-hybridized carbons (Fsp3) is 0.0769. The van der Waals surface area contributed by atoms with E-state index in [1.165, 1.54) is 12.1 Å². The SMILES string of the molecule is Fc1ccc(Br)c(F)c1CNc1ccc(Br)cc1Cl. The van der Waals surface area contributed by atoms with Crippen LogP contribution in [0.1, 0.15) is 5.56 Å². The lowest BCUT2D eigenvalue weighted by Crippen LogP contribution is -2.05. The first kappa shape index (κ1) is 14.8. The van der Waals surface area contributed by atoms with Gasteiger partial charge in [-0.15, -0.1) is 0 Å². The van der Waals surface area contributed by atoms with Gasteiger partial charge in [-0.1, -0.05) is 27.5 Å². The van der Waals surface area contributed by atoms with Crippen LogP contribution in [0.4, 0.5) is 14.5 Å². The number of anilines is 1. The lowest BCUT2D eigenvalue weighted by Gasteiger charge is -2.11. The molecule has 19 heavy (non-hydrogen) atoms. The van der Waals surface area contributed by atoms with E-state index in [1.807, 2.05) is 0 Å². The Bertz CT molecular complexity index is 620. The molecular weight excluding hydrogens is 403 g/mol. The van der Waals surface area contributed by atoms with Gasteiger partial charge >= 0.3 is 0 Å². The van der Waals surface area contributed by atoms with Crippen molar-refractivity contribution >= 4 is 49.1 Å². The molecule has 6 heteroatoms. The monoisotopic (exact) mass is 409 g/mol. The molecule has 0 aromatic heterocycles. The summed E-state index contributed by atoms with van der Waals surface area (Å²) >= 11 is 12.3. The summed E-state index contributed by atoms with van der Waals surface area (Å²) in [5.74, 6) is -1.21. The van der Waals surface area contributed by atoms with Gasteiger partial charge in [0.25, 0.3) is 0 Å². The van der Waals surface area contributed by atoms with Gasteiger partial charge in [-0.25, -0.2) is 8.78 Å². The number of hydrogen-bond donors (Lipinski definition) is 1. The Labute approximate surface area is 131 Å². The van der Waals surface area contributed by atoms with Gasteiger partial charge in [-0.2, -0.15) is 0 Å². The van der Waals surface area contributed by atoms with E-state index < -0.39 is 11.6 Å². The summed E-state index contributed by atoms with van der Waals surface area (Å²) in [6, 6.07) is 7.79. The van der Waals surface area contributed by atoms with Crippen molar-refractivity contribution in [3.05, 3.63) is 61.5 Å². The van der Waals surface area contributed by atoms with Gasteiger partial charge in [0.15, 0.2) is 0 Å². The van der Waals surface area contributed by atoms with Crippen LogP contribution in [0.3, 0.4) is 0 Å². The number of hydrogen-bond acceptors (Lipinski definition) is 1. The Balaban J connectivity index is 2.21. The lowest BCUT2D eigenvalue weighted by molar-refractivity contribution is 0.555. The molecule has 0 bridgehead atoms. The molecular formula is C13H8Br2ClF2N. The minimum atomic E-state index is -0.610. The molecule has 0 spiro atoms. The maximum absolute atomic E-state index is 13.8. The third-order valence-electron chi connectivity index (χ3n) is 2.53. The molecule has 2 aromatic carbocycles. The molecule has 1 nitrogen and oxygen atoms in total. The zero-order valence-electron chi connectivity index (χ0n) is 9.48. The van der Waals surface area contributed by atoms with Crippen LogP contribution in [-0.4, -0.2) is 0 Å². The first-order chi connectivity index (χ1) is 8.99. The lowest BCUT2D eigenvalue weighted by atomic mass is 10.2. The van der Waals surface area contributed by atoms with Gasteiger partial charge in [-0.3, -0.25) is 0 Å². The van der Waals surface area contributed by atoms with Crippen LogP contribution in [-0.2, 0) is 6.54 Å². The van der Waals surface area contributed by atoms with Gasteiger partial charge in [0.05, 0.1) is 15.2 Å². The van der Waals surface area contributed by atoms with Crippen molar-refractivity contribution in [1.29, 1.82) is 0 Å². The number of halogens is 5. The smallest absolute Gasteiger partial charge is 0.145 e. The van der Waals surface area contributed by atoms with Crippen molar-refractivity contribution in [1.82, 2.24) is 0 Å². The molecule has 0 radical (unpaired) electrons. The van der Waals surface area contributed by atoms with Crippen LogP contribution in [0, 0.1) is 11.6 Å². The first-order valence-corrected chi connectivity index (χ1v) is 7.26. The highest BCUT2D eigenvalue weighted by Gasteiger charge is 2.12. The minimum Gasteiger partial charge on any atom is -0.380 e. The van der Waals surface area contributed by atoms with Gasteiger partial charge in [-0.05, 0) is 46.3 Å². The second-order valence-electron chi connectivity index (χ2n) is 3.80. The third kappa shape index (κ3) is 3.46. The van der Waals surface area contributed by atoms with Crippen LogP contribution in [0.5, 0.6) is 0 Å². The van der Waals surface area contributed by atoms with E-state index in [0.717, 1.165) is 4.47 Å². The van der Waals surface area contributed by atoms with E-state index in [-0.39, 0.29) is 16.6 Å². The molecule has 2 aromatic rings. The van der Waals surface area contributed by atoms with Crippen LogP contribution in [0.25, 0.3) is 0 Å². The summed E-state index contributed by atoms with van der Waals surface area (Å²) < 4.78 is 28.4. The molecule has 0 aliphatic rings. The van der Waals surface area contributed by atoms with E-state index in [4.69, 9.17) is 11.6 Å². The van der Waals surface area contributed by atoms with Gasteiger partial charge in [0.1, 0.15) is 11.6 Å². The second-order valence-corrected chi connectivity index (χ2v) is 5.98. The third-order valence-corrected chi connectivity index (χ3v) is 3.94. The Kier molecular flexibility index (Phi) is 4.81. The first-order valence-electron chi connectivity index (χ1n) is 5.30. The average Bonchev–Trinajstić information content (AvgIpc) is 2.36. The fourth-order valence-corrected chi connectivity index (χ4v) is 2.66. The molecule has 0 heterocycles. The van der Waals surface area contributed by atoms with E-state index in [2.05, 4.69) is 37.2 Å². The number of nitrogens with one attached hydrogen (secondary N) is 1. The standard InChI is InChI=1S/C13H8Br2ClF2N/c14-7-1-4-12(10(16)5-7)19-6-8-11(17)3-2-9(15)13(8)18/h1-5,19H,6H2. The van der Waals surface area contributed by atoms with E-state index in [1.54, 1.807) is 18.2 Å². The summed E-state index contributed by atoms with van der Waals surface area (Å²) in [7, 11) is 0.